The number of benzene rings is 1. The Balaban J connectivity index is 1.95. The van der Waals surface area contributed by atoms with Gasteiger partial charge in [0.1, 0.15) is 11.4 Å². The molecule has 3 aromatic rings. The molecule has 8 nitrogen and oxygen atoms in total. The lowest BCUT2D eigenvalue weighted by Gasteiger charge is -2.10. The zero-order valence-electron chi connectivity index (χ0n) is 17.7. The quantitative estimate of drug-likeness (QED) is 0.586. The average Bonchev–Trinajstić information content (AvgIpc) is 3.39. The van der Waals surface area contributed by atoms with Crippen molar-refractivity contribution in [3.05, 3.63) is 65.3 Å². The topological polar surface area (TPSA) is 88.9 Å². The van der Waals surface area contributed by atoms with Crippen LogP contribution in [0.4, 0.5) is 0 Å². The molecule has 0 aliphatic heterocycles. The summed E-state index contributed by atoms with van der Waals surface area (Å²) in [6.45, 7) is 7.24. The number of nitrogens with zero attached hydrogens (tertiary/aromatic N) is 6. The van der Waals surface area contributed by atoms with Crippen molar-refractivity contribution in [2.75, 3.05) is 14.1 Å². The van der Waals surface area contributed by atoms with E-state index in [0.29, 0.717) is 22.8 Å². The number of carbonyl (C=O) groups is 1. The average molecular weight is 404 g/mol. The number of carbonyl (C=O) groups excluding carboxylic acids is 1. The van der Waals surface area contributed by atoms with Crippen LogP contribution in [0.1, 0.15) is 35.7 Å². The predicted molar refractivity (Wildman–Crippen MR) is 118 cm³/mol. The largest absolute Gasteiger partial charge is 0.413 e. The summed E-state index contributed by atoms with van der Waals surface area (Å²) < 4.78 is 7.75. The van der Waals surface area contributed by atoms with E-state index in [0.717, 1.165) is 17.0 Å². The fraction of sp³-hybridized carbons (Fsp3) is 0.227. The molecule has 2 aromatic heterocycles. The lowest BCUT2D eigenvalue weighted by molar-refractivity contribution is 0.0827. The van der Waals surface area contributed by atoms with Gasteiger partial charge in [-0.25, -0.2) is 4.99 Å². The molecule has 0 radical (unpaired) electrons. The minimum Gasteiger partial charge on any atom is -0.413 e. The zero-order valence-corrected chi connectivity index (χ0v) is 17.7. The molecule has 1 amide bonds. The second-order valence-corrected chi connectivity index (χ2v) is 6.98. The van der Waals surface area contributed by atoms with Gasteiger partial charge in [-0.15, -0.1) is 10.2 Å². The van der Waals surface area contributed by atoms with Crippen LogP contribution in [0, 0.1) is 0 Å². The van der Waals surface area contributed by atoms with Crippen LogP contribution < -0.4 is 0 Å². The van der Waals surface area contributed by atoms with Crippen molar-refractivity contribution >= 4 is 24.0 Å². The number of aliphatic imine (C=N–C) groups is 2. The predicted octanol–water partition coefficient (Wildman–Crippen LogP) is 3.68. The summed E-state index contributed by atoms with van der Waals surface area (Å²) in [5.41, 5.74) is 4.01. The van der Waals surface area contributed by atoms with Gasteiger partial charge in [0.2, 0.25) is 0 Å². The Labute approximate surface area is 175 Å². The molecule has 0 bridgehead atoms. The first-order valence-corrected chi connectivity index (χ1v) is 9.32. The van der Waals surface area contributed by atoms with E-state index in [1.165, 1.54) is 4.90 Å². The van der Waals surface area contributed by atoms with Crippen molar-refractivity contribution < 1.29 is 9.21 Å². The van der Waals surface area contributed by atoms with Gasteiger partial charge in [0.15, 0.2) is 0 Å². The van der Waals surface area contributed by atoms with Gasteiger partial charge in [-0.3, -0.25) is 9.79 Å². The molecule has 0 atom stereocenters. The molecule has 2 heterocycles. The highest BCUT2D eigenvalue weighted by Gasteiger charge is 2.17. The fourth-order valence-electron chi connectivity index (χ4n) is 2.81. The maximum Gasteiger partial charge on any atom is 0.268 e. The molecule has 1 aromatic carbocycles. The number of allylic oxidation sites excluding steroid dienone is 1. The maximum absolute atomic E-state index is 12.1. The van der Waals surface area contributed by atoms with E-state index in [9.17, 15) is 4.79 Å². The fourth-order valence-corrected chi connectivity index (χ4v) is 2.81. The van der Waals surface area contributed by atoms with Crippen molar-refractivity contribution in [2.45, 2.75) is 13.8 Å². The van der Waals surface area contributed by atoms with Gasteiger partial charge < -0.3 is 13.9 Å². The van der Waals surface area contributed by atoms with Crippen LogP contribution >= 0.6 is 0 Å². The number of aromatic nitrogens is 3. The lowest BCUT2D eigenvalue weighted by atomic mass is 10.1. The number of hydrogen-bond acceptors (Lipinski definition) is 6. The summed E-state index contributed by atoms with van der Waals surface area (Å²) in [5.74, 6) is 0.601. The van der Waals surface area contributed by atoms with Crippen molar-refractivity contribution in [2.24, 2.45) is 17.0 Å². The standard InChI is InChI=1S/C22H24N6O2/c1-14(16-9-11-17(12-10-16)22(29)27(4)5)24-19(15(2)23-3)21-26-25-20(30-21)18-8-7-13-28(18)6/h7-13H,3H2,1-2,4-6H3/b19-15-,24-14?. The highest BCUT2D eigenvalue weighted by molar-refractivity contribution is 6.02. The first-order valence-electron chi connectivity index (χ1n) is 9.32. The molecular formula is C22H24N6O2. The smallest absolute Gasteiger partial charge is 0.268 e. The Morgan fingerprint density at radius 2 is 1.77 bits per heavy atom. The van der Waals surface area contributed by atoms with Crippen LogP contribution in [0.2, 0.25) is 0 Å². The monoisotopic (exact) mass is 404 g/mol. The van der Waals surface area contributed by atoms with E-state index in [4.69, 9.17) is 4.42 Å². The second kappa shape index (κ2) is 8.69. The Bertz CT molecular complexity index is 1130. The van der Waals surface area contributed by atoms with Crippen molar-refractivity contribution in [3.63, 3.8) is 0 Å². The van der Waals surface area contributed by atoms with Gasteiger partial charge >= 0.3 is 0 Å². The summed E-state index contributed by atoms with van der Waals surface area (Å²) in [6.07, 6.45) is 1.90. The van der Waals surface area contributed by atoms with Crippen molar-refractivity contribution in [1.82, 2.24) is 19.7 Å². The molecule has 8 heteroatoms. The van der Waals surface area contributed by atoms with Gasteiger partial charge in [-0.05, 0) is 50.4 Å². The minimum atomic E-state index is -0.0532. The van der Waals surface area contributed by atoms with Gasteiger partial charge in [-0.1, -0.05) is 12.1 Å². The Kier molecular flexibility index (Phi) is 6.06. The molecule has 0 unspecified atom stereocenters. The van der Waals surface area contributed by atoms with Gasteiger partial charge in [0.25, 0.3) is 17.7 Å². The van der Waals surface area contributed by atoms with Crippen LogP contribution in [0.5, 0.6) is 0 Å². The number of amides is 1. The molecule has 0 spiro atoms. The third-order valence-electron chi connectivity index (χ3n) is 4.61. The normalized spacial score (nSPS) is 12.5. The highest BCUT2D eigenvalue weighted by atomic mass is 16.4. The third-order valence-corrected chi connectivity index (χ3v) is 4.61. The summed E-state index contributed by atoms with van der Waals surface area (Å²) in [5, 5.41) is 8.29. The van der Waals surface area contributed by atoms with Gasteiger partial charge in [0, 0.05) is 38.6 Å². The van der Waals surface area contributed by atoms with E-state index in [2.05, 4.69) is 26.9 Å². The van der Waals surface area contributed by atoms with Gasteiger partial charge in [0.05, 0.1) is 5.70 Å². The highest BCUT2D eigenvalue weighted by Crippen LogP contribution is 2.25. The first-order chi connectivity index (χ1) is 14.3. The van der Waals surface area contributed by atoms with Crippen LogP contribution in [0.25, 0.3) is 17.3 Å². The Morgan fingerprint density at radius 1 is 1.10 bits per heavy atom. The zero-order chi connectivity index (χ0) is 21.8. The minimum absolute atomic E-state index is 0.0532. The van der Waals surface area contributed by atoms with Crippen molar-refractivity contribution in [1.29, 1.82) is 0 Å². The molecule has 154 valence electrons. The van der Waals surface area contributed by atoms with E-state index in [1.807, 2.05) is 49.0 Å². The molecule has 0 aliphatic rings. The van der Waals surface area contributed by atoms with E-state index in [-0.39, 0.29) is 11.8 Å². The summed E-state index contributed by atoms with van der Waals surface area (Å²) in [7, 11) is 5.35. The van der Waals surface area contributed by atoms with Crippen LogP contribution in [-0.2, 0) is 7.05 Å². The summed E-state index contributed by atoms with van der Waals surface area (Å²) in [4.78, 5) is 22.3. The Hall–Kier alpha value is -3.81. The maximum atomic E-state index is 12.1. The third kappa shape index (κ3) is 4.27. The van der Waals surface area contributed by atoms with Crippen LogP contribution in [0.3, 0.4) is 0 Å². The van der Waals surface area contributed by atoms with E-state index in [1.54, 1.807) is 33.2 Å². The van der Waals surface area contributed by atoms with Crippen molar-refractivity contribution in [3.8, 4) is 11.6 Å². The van der Waals surface area contributed by atoms with Gasteiger partial charge in [-0.2, -0.15) is 0 Å². The summed E-state index contributed by atoms with van der Waals surface area (Å²) in [6, 6.07) is 11.1. The molecule has 0 fully saturated rings. The molecule has 0 N–H and O–H groups in total. The molecular weight excluding hydrogens is 380 g/mol. The number of rotatable bonds is 6. The van der Waals surface area contributed by atoms with E-state index < -0.39 is 0 Å². The second-order valence-electron chi connectivity index (χ2n) is 6.98. The summed E-state index contributed by atoms with van der Waals surface area (Å²) >= 11 is 0. The van der Waals surface area contributed by atoms with E-state index >= 15 is 0 Å². The number of aryl methyl sites for hydroxylation is 1. The van der Waals surface area contributed by atoms with Crippen LogP contribution in [-0.4, -0.2) is 52.1 Å². The molecule has 0 saturated carbocycles. The molecule has 3 rings (SSSR count). The van der Waals surface area contributed by atoms with Crippen LogP contribution in [0.15, 0.2) is 62.7 Å². The first kappa shape index (κ1) is 20.9. The lowest BCUT2D eigenvalue weighted by Crippen LogP contribution is -2.21. The Morgan fingerprint density at radius 3 is 2.33 bits per heavy atom. The molecule has 0 aliphatic carbocycles. The molecule has 0 saturated heterocycles. The molecule has 30 heavy (non-hydrogen) atoms. The SMILES string of the molecule is C=N/C(C)=C(\N=C(C)c1ccc(C(=O)N(C)C)cc1)c1nnc(-c2cccn2C)o1. The number of hydrogen-bond donors (Lipinski definition) is 0.